The van der Waals surface area contributed by atoms with Crippen molar-refractivity contribution in [1.29, 1.82) is 0 Å². The van der Waals surface area contributed by atoms with Gasteiger partial charge >= 0.3 is 0 Å². The highest BCUT2D eigenvalue weighted by molar-refractivity contribution is 6.30. The van der Waals surface area contributed by atoms with Crippen LogP contribution in [-0.2, 0) is 13.6 Å². The Labute approximate surface area is 166 Å². The third-order valence-electron chi connectivity index (χ3n) is 5.12. The summed E-state index contributed by atoms with van der Waals surface area (Å²) in [5, 5.41) is 8.90. The number of aromatic nitrogens is 5. The molecule has 5 rings (SSSR count). The molecular formula is C20H19ClN6O. The van der Waals surface area contributed by atoms with E-state index in [0.717, 1.165) is 46.6 Å². The van der Waals surface area contributed by atoms with Crippen LogP contribution in [0.1, 0.15) is 46.2 Å². The van der Waals surface area contributed by atoms with Crippen LogP contribution in [-0.4, -0.2) is 30.1 Å². The number of aryl methyl sites for hydroxylation is 2. The van der Waals surface area contributed by atoms with E-state index >= 15 is 0 Å². The van der Waals surface area contributed by atoms with E-state index in [9.17, 15) is 4.79 Å². The van der Waals surface area contributed by atoms with E-state index in [-0.39, 0.29) is 5.91 Å². The zero-order valence-electron chi connectivity index (χ0n) is 15.6. The summed E-state index contributed by atoms with van der Waals surface area (Å²) < 4.78 is 3.60. The van der Waals surface area contributed by atoms with Crippen molar-refractivity contribution in [3.63, 3.8) is 0 Å². The number of nitrogens with one attached hydrogen (secondary N) is 1. The van der Waals surface area contributed by atoms with Gasteiger partial charge in [-0.15, -0.1) is 0 Å². The summed E-state index contributed by atoms with van der Waals surface area (Å²) >= 11 is 6.02. The molecule has 1 aliphatic rings. The summed E-state index contributed by atoms with van der Waals surface area (Å²) in [5.41, 5.74) is 4.73. The van der Waals surface area contributed by atoms with Gasteiger partial charge < -0.3 is 9.72 Å². The standard InChI is InChI=1S/C20H19ClN6O/c1-11-18-15(7-16(12-3-4-12)24-19(18)26(2)25-11)20(28)22-8-14-10-27-9-13(21)5-6-17(27)23-14/h5-7,9-10,12H,3-4,8H2,1-2H3,(H,22,28). The number of nitrogens with zero attached hydrogens (tertiary/aromatic N) is 5. The van der Waals surface area contributed by atoms with Crippen molar-refractivity contribution in [3.05, 3.63) is 58.3 Å². The van der Waals surface area contributed by atoms with Crippen molar-refractivity contribution in [1.82, 2.24) is 29.5 Å². The summed E-state index contributed by atoms with van der Waals surface area (Å²) in [6.45, 7) is 2.24. The van der Waals surface area contributed by atoms with E-state index in [1.165, 1.54) is 0 Å². The molecule has 4 aromatic heterocycles. The summed E-state index contributed by atoms with van der Waals surface area (Å²) in [6.07, 6.45) is 5.91. The monoisotopic (exact) mass is 394 g/mol. The highest BCUT2D eigenvalue weighted by atomic mass is 35.5. The second-order valence-corrected chi connectivity index (χ2v) is 7.74. The highest BCUT2D eigenvalue weighted by Gasteiger charge is 2.28. The average Bonchev–Trinajstić information content (AvgIpc) is 3.38. The van der Waals surface area contributed by atoms with E-state index in [0.29, 0.717) is 23.0 Å². The van der Waals surface area contributed by atoms with Gasteiger partial charge in [0.15, 0.2) is 5.65 Å². The van der Waals surface area contributed by atoms with Gasteiger partial charge in [-0.25, -0.2) is 9.97 Å². The summed E-state index contributed by atoms with van der Waals surface area (Å²) in [4.78, 5) is 22.3. The lowest BCUT2D eigenvalue weighted by molar-refractivity contribution is 0.0952. The maximum absolute atomic E-state index is 13.0. The van der Waals surface area contributed by atoms with Crippen molar-refractivity contribution < 1.29 is 4.79 Å². The number of hydrogen-bond acceptors (Lipinski definition) is 4. The molecule has 0 atom stereocenters. The van der Waals surface area contributed by atoms with E-state index in [1.807, 2.05) is 36.7 Å². The van der Waals surface area contributed by atoms with Crippen molar-refractivity contribution in [2.24, 2.45) is 7.05 Å². The molecule has 1 amide bonds. The van der Waals surface area contributed by atoms with Crippen LogP contribution in [0.3, 0.4) is 0 Å². The maximum Gasteiger partial charge on any atom is 0.252 e. The molecule has 1 saturated carbocycles. The first kappa shape index (κ1) is 17.2. The molecule has 1 fully saturated rings. The summed E-state index contributed by atoms with van der Waals surface area (Å²) in [7, 11) is 1.86. The molecule has 0 radical (unpaired) electrons. The van der Waals surface area contributed by atoms with E-state index in [4.69, 9.17) is 16.6 Å². The molecule has 0 unspecified atom stereocenters. The van der Waals surface area contributed by atoms with Crippen molar-refractivity contribution in [3.8, 4) is 0 Å². The predicted octanol–water partition coefficient (Wildman–Crippen LogP) is 3.39. The van der Waals surface area contributed by atoms with E-state index in [2.05, 4.69) is 15.4 Å². The number of carbonyl (C=O) groups is 1. The molecule has 4 heterocycles. The number of carbonyl (C=O) groups excluding carboxylic acids is 1. The zero-order valence-corrected chi connectivity index (χ0v) is 16.4. The average molecular weight is 395 g/mol. The number of pyridine rings is 2. The molecule has 4 aromatic rings. The molecule has 1 N–H and O–H groups in total. The number of fused-ring (bicyclic) bond motifs is 2. The van der Waals surface area contributed by atoms with Crippen molar-refractivity contribution in [2.45, 2.75) is 32.2 Å². The third-order valence-corrected chi connectivity index (χ3v) is 5.35. The molecule has 142 valence electrons. The number of rotatable bonds is 4. The second-order valence-electron chi connectivity index (χ2n) is 7.30. The lowest BCUT2D eigenvalue weighted by atomic mass is 10.1. The zero-order chi connectivity index (χ0) is 19.4. The second kappa shape index (κ2) is 6.31. The first-order valence-electron chi connectivity index (χ1n) is 9.25. The van der Waals surface area contributed by atoms with Gasteiger partial charge in [0.25, 0.3) is 5.91 Å². The maximum atomic E-state index is 13.0. The molecular weight excluding hydrogens is 376 g/mol. The number of amides is 1. The van der Waals surface area contributed by atoms with Gasteiger partial charge in [-0.1, -0.05) is 11.6 Å². The van der Waals surface area contributed by atoms with Gasteiger partial charge in [0.05, 0.1) is 33.9 Å². The van der Waals surface area contributed by atoms with Crippen LogP contribution in [0.4, 0.5) is 0 Å². The molecule has 0 saturated heterocycles. The Morgan fingerprint density at radius 3 is 2.89 bits per heavy atom. The minimum absolute atomic E-state index is 0.138. The van der Waals surface area contributed by atoms with Crippen molar-refractivity contribution >= 4 is 34.2 Å². The van der Waals surface area contributed by atoms with Crippen molar-refractivity contribution in [2.75, 3.05) is 0 Å². The number of hydrogen-bond donors (Lipinski definition) is 1. The summed E-state index contributed by atoms with van der Waals surface area (Å²) in [5.74, 6) is 0.315. The first-order chi connectivity index (χ1) is 13.5. The smallest absolute Gasteiger partial charge is 0.252 e. The Morgan fingerprint density at radius 2 is 2.11 bits per heavy atom. The first-order valence-corrected chi connectivity index (χ1v) is 9.63. The molecule has 0 aliphatic heterocycles. The van der Waals surface area contributed by atoms with Crippen LogP contribution in [0.2, 0.25) is 5.02 Å². The number of halogens is 1. The third kappa shape index (κ3) is 2.92. The summed E-state index contributed by atoms with van der Waals surface area (Å²) in [6, 6.07) is 5.57. The Balaban J connectivity index is 1.46. The molecule has 0 aromatic carbocycles. The van der Waals surface area contributed by atoms with Crippen LogP contribution >= 0.6 is 11.6 Å². The van der Waals surface area contributed by atoms with Crippen LogP contribution in [0.15, 0.2) is 30.6 Å². The minimum atomic E-state index is -0.138. The SMILES string of the molecule is Cc1nn(C)c2nc(C3CC3)cc(C(=O)NCc3cn4cc(Cl)ccc4n3)c12. The number of imidazole rings is 1. The van der Waals surface area contributed by atoms with Gasteiger partial charge in [-0.3, -0.25) is 9.48 Å². The lowest BCUT2D eigenvalue weighted by Crippen LogP contribution is -2.23. The molecule has 8 heteroatoms. The van der Waals surface area contributed by atoms with Crippen LogP contribution < -0.4 is 5.32 Å². The van der Waals surface area contributed by atoms with Gasteiger partial charge in [0.2, 0.25) is 0 Å². The largest absolute Gasteiger partial charge is 0.346 e. The Kier molecular flexibility index (Phi) is 3.87. The van der Waals surface area contributed by atoms with Crippen LogP contribution in [0, 0.1) is 6.92 Å². The Bertz CT molecular complexity index is 1240. The van der Waals surface area contributed by atoms with Gasteiger partial charge in [0, 0.05) is 31.1 Å². The van der Waals surface area contributed by atoms with Gasteiger partial charge in [-0.05, 0) is 38.0 Å². The molecule has 0 bridgehead atoms. The Hall–Kier alpha value is -2.93. The Morgan fingerprint density at radius 1 is 1.29 bits per heavy atom. The molecule has 28 heavy (non-hydrogen) atoms. The van der Waals surface area contributed by atoms with Gasteiger partial charge in [-0.2, -0.15) is 5.10 Å². The van der Waals surface area contributed by atoms with E-state index in [1.54, 1.807) is 16.9 Å². The highest BCUT2D eigenvalue weighted by Crippen LogP contribution is 2.40. The molecule has 1 aliphatic carbocycles. The lowest BCUT2D eigenvalue weighted by Gasteiger charge is -2.08. The quantitative estimate of drug-likeness (QED) is 0.575. The van der Waals surface area contributed by atoms with Crippen LogP contribution in [0.25, 0.3) is 16.7 Å². The van der Waals surface area contributed by atoms with Gasteiger partial charge in [0.1, 0.15) is 5.65 Å². The fourth-order valence-electron chi connectivity index (χ4n) is 3.60. The molecule has 7 nitrogen and oxygen atoms in total. The topological polar surface area (TPSA) is 77.1 Å². The fourth-order valence-corrected chi connectivity index (χ4v) is 3.77. The molecule has 0 spiro atoms. The predicted molar refractivity (Wildman–Crippen MR) is 107 cm³/mol. The minimum Gasteiger partial charge on any atom is -0.346 e. The van der Waals surface area contributed by atoms with Crippen LogP contribution in [0.5, 0.6) is 0 Å². The van der Waals surface area contributed by atoms with E-state index < -0.39 is 0 Å². The normalized spacial score (nSPS) is 14.1. The fraction of sp³-hybridized carbons (Fsp3) is 0.300.